The summed E-state index contributed by atoms with van der Waals surface area (Å²) in [4.78, 5) is 9.07. The lowest BCUT2D eigenvalue weighted by Gasteiger charge is -2.01. The monoisotopic (exact) mass is 292 g/mol. The van der Waals surface area contributed by atoms with Gasteiger partial charge in [0.1, 0.15) is 0 Å². The van der Waals surface area contributed by atoms with E-state index in [2.05, 4.69) is 4.98 Å². The molecule has 0 saturated heterocycles. The molecule has 0 saturated carbocycles. The fourth-order valence-corrected chi connectivity index (χ4v) is 3.21. The fraction of sp³-hybridized carbons (Fsp3) is 0. The summed E-state index contributed by atoms with van der Waals surface area (Å²) in [5.41, 5.74) is 9.96. The van der Waals surface area contributed by atoms with Crippen LogP contribution in [0.5, 0.6) is 0 Å². The van der Waals surface area contributed by atoms with E-state index in [4.69, 9.17) is 10.7 Å². The van der Waals surface area contributed by atoms with Crippen LogP contribution < -0.4 is 5.73 Å². The number of benzene rings is 2. The Morgan fingerprint density at radius 1 is 0.905 bits per heavy atom. The Hall–Kier alpha value is -2.66. The largest absolute Gasteiger partial charge is 0.369 e. The van der Waals surface area contributed by atoms with Crippen molar-refractivity contribution in [3.63, 3.8) is 0 Å². The number of hydrogen-bond donors (Lipinski definition) is 1. The summed E-state index contributed by atoms with van der Waals surface area (Å²) in [7, 11) is 0. The van der Waals surface area contributed by atoms with E-state index in [9.17, 15) is 0 Å². The van der Waals surface area contributed by atoms with Gasteiger partial charge >= 0.3 is 0 Å². The van der Waals surface area contributed by atoms with Crippen LogP contribution in [-0.2, 0) is 0 Å². The molecule has 0 fully saturated rings. The molecular formula is C16H12N4S. The van der Waals surface area contributed by atoms with E-state index in [1.807, 2.05) is 64.5 Å². The predicted octanol–water partition coefficient (Wildman–Crippen LogP) is 3.73. The van der Waals surface area contributed by atoms with Gasteiger partial charge in [-0.2, -0.15) is 0 Å². The molecule has 2 aromatic heterocycles. The zero-order chi connectivity index (χ0) is 14.2. The summed E-state index contributed by atoms with van der Waals surface area (Å²) in [6, 6.07) is 18.0. The summed E-state index contributed by atoms with van der Waals surface area (Å²) in [5, 5.41) is 2.87. The van der Waals surface area contributed by atoms with Crippen LogP contribution in [0.2, 0.25) is 0 Å². The molecule has 4 nitrogen and oxygen atoms in total. The second-order valence-corrected chi connectivity index (χ2v) is 5.51. The van der Waals surface area contributed by atoms with Crippen molar-refractivity contribution in [3.05, 3.63) is 60.0 Å². The molecular weight excluding hydrogens is 280 g/mol. The Balaban J connectivity index is 1.87. The second kappa shape index (κ2) is 4.71. The van der Waals surface area contributed by atoms with Crippen LogP contribution >= 0.6 is 11.3 Å². The van der Waals surface area contributed by atoms with Crippen molar-refractivity contribution >= 4 is 28.3 Å². The molecule has 21 heavy (non-hydrogen) atoms. The first kappa shape index (κ1) is 12.1. The Labute approximate surface area is 125 Å². The van der Waals surface area contributed by atoms with Crippen molar-refractivity contribution in [2.24, 2.45) is 0 Å². The van der Waals surface area contributed by atoms with E-state index in [0.717, 1.165) is 27.4 Å². The topological polar surface area (TPSA) is 56.7 Å². The van der Waals surface area contributed by atoms with Gasteiger partial charge in [-0.15, -0.1) is 11.3 Å². The third kappa shape index (κ3) is 1.98. The lowest BCUT2D eigenvalue weighted by atomic mass is 10.2. The summed E-state index contributed by atoms with van der Waals surface area (Å²) in [6.07, 6.45) is 0. The van der Waals surface area contributed by atoms with Crippen molar-refractivity contribution < 1.29 is 0 Å². The molecule has 4 aromatic rings. The van der Waals surface area contributed by atoms with E-state index in [-0.39, 0.29) is 0 Å². The first-order valence-corrected chi connectivity index (χ1v) is 7.45. The summed E-state index contributed by atoms with van der Waals surface area (Å²) < 4.78 is 1.90. The molecule has 4 rings (SSSR count). The van der Waals surface area contributed by atoms with Crippen LogP contribution in [0.15, 0.2) is 60.0 Å². The lowest BCUT2D eigenvalue weighted by Crippen LogP contribution is -2.00. The van der Waals surface area contributed by atoms with E-state index in [0.29, 0.717) is 5.95 Å². The van der Waals surface area contributed by atoms with Gasteiger partial charge < -0.3 is 5.73 Å². The van der Waals surface area contributed by atoms with E-state index >= 15 is 0 Å². The molecule has 0 aliphatic carbocycles. The van der Waals surface area contributed by atoms with Crippen molar-refractivity contribution in [1.82, 2.24) is 14.5 Å². The van der Waals surface area contributed by atoms with Gasteiger partial charge in [0.2, 0.25) is 5.95 Å². The summed E-state index contributed by atoms with van der Waals surface area (Å²) in [6.45, 7) is 0. The number of rotatable bonds is 2. The van der Waals surface area contributed by atoms with Crippen LogP contribution in [0.3, 0.4) is 0 Å². The molecule has 0 aliphatic heterocycles. The van der Waals surface area contributed by atoms with Crippen molar-refractivity contribution in [2.45, 2.75) is 0 Å². The maximum Gasteiger partial charge on any atom is 0.207 e. The zero-order valence-corrected chi connectivity index (χ0v) is 11.9. The van der Waals surface area contributed by atoms with Crippen LogP contribution in [0, 0.1) is 0 Å². The quantitative estimate of drug-likeness (QED) is 0.612. The Morgan fingerprint density at radius 3 is 2.52 bits per heavy atom. The standard InChI is InChI=1S/C16H12N4S/c17-15-18-12-8-4-5-9-14(12)20(15)16-19-13(10-21-16)11-6-2-1-3-7-11/h1-10H,(H2,17,18). The molecule has 2 heterocycles. The predicted molar refractivity (Wildman–Crippen MR) is 86.6 cm³/mol. The van der Waals surface area contributed by atoms with E-state index < -0.39 is 0 Å². The highest BCUT2D eigenvalue weighted by atomic mass is 32.1. The molecule has 5 heteroatoms. The minimum absolute atomic E-state index is 0.463. The number of fused-ring (bicyclic) bond motifs is 1. The van der Waals surface area contributed by atoms with Crippen LogP contribution in [0.4, 0.5) is 5.95 Å². The third-order valence-electron chi connectivity index (χ3n) is 3.34. The number of para-hydroxylation sites is 2. The molecule has 102 valence electrons. The van der Waals surface area contributed by atoms with Crippen LogP contribution in [-0.4, -0.2) is 14.5 Å². The van der Waals surface area contributed by atoms with E-state index in [1.54, 1.807) is 11.3 Å². The van der Waals surface area contributed by atoms with Crippen molar-refractivity contribution in [2.75, 3.05) is 5.73 Å². The number of thiazole rings is 1. The molecule has 0 radical (unpaired) electrons. The first-order valence-electron chi connectivity index (χ1n) is 6.57. The number of nitrogens with two attached hydrogens (primary N) is 1. The van der Waals surface area contributed by atoms with Gasteiger partial charge in [-0.3, -0.25) is 4.57 Å². The third-order valence-corrected chi connectivity index (χ3v) is 4.17. The fourth-order valence-electron chi connectivity index (χ4n) is 2.35. The minimum atomic E-state index is 0.463. The van der Waals surface area contributed by atoms with E-state index in [1.165, 1.54) is 0 Å². The molecule has 0 atom stereocenters. The maximum absolute atomic E-state index is 6.05. The first-order chi connectivity index (χ1) is 10.3. The Bertz CT molecular complexity index is 908. The average molecular weight is 292 g/mol. The Kier molecular flexibility index (Phi) is 2.72. The number of aromatic nitrogens is 3. The maximum atomic E-state index is 6.05. The van der Waals surface area contributed by atoms with Gasteiger partial charge in [0.25, 0.3) is 0 Å². The van der Waals surface area contributed by atoms with Crippen molar-refractivity contribution in [3.8, 4) is 16.4 Å². The van der Waals surface area contributed by atoms with Gasteiger partial charge in [0.05, 0.1) is 16.7 Å². The molecule has 0 aliphatic rings. The molecule has 2 N–H and O–H groups in total. The van der Waals surface area contributed by atoms with Gasteiger partial charge in [-0.1, -0.05) is 42.5 Å². The highest BCUT2D eigenvalue weighted by Crippen LogP contribution is 2.28. The summed E-state index contributed by atoms with van der Waals surface area (Å²) >= 11 is 1.56. The highest BCUT2D eigenvalue weighted by molar-refractivity contribution is 7.12. The van der Waals surface area contributed by atoms with Gasteiger partial charge in [-0.05, 0) is 12.1 Å². The highest BCUT2D eigenvalue weighted by Gasteiger charge is 2.13. The molecule has 0 amide bonds. The van der Waals surface area contributed by atoms with Gasteiger partial charge in [0, 0.05) is 10.9 Å². The number of nitrogens with zero attached hydrogens (tertiary/aromatic N) is 3. The number of anilines is 1. The average Bonchev–Trinajstić information content (AvgIpc) is 3.11. The lowest BCUT2D eigenvalue weighted by molar-refractivity contribution is 1.08. The van der Waals surface area contributed by atoms with Gasteiger partial charge in [0.15, 0.2) is 5.13 Å². The van der Waals surface area contributed by atoms with Crippen LogP contribution in [0.25, 0.3) is 27.4 Å². The SMILES string of the molecule is Nc1nc2ccccc2n1-c1nc(-c2ccccc2)cs1. The number of imidazole rings is 1. The van der Waals surface area contributed by atoms with Crippen LogP contribution in [0.1, 0.15) is 0 Å². The summed E-state index contributed by atoms with van der Waals surface area (Å²) in [5.74, 6) is 0.463. The molecule has 0 spiro atoms. The zero-order valence-electron chi connectivity index (χ0n) is 11.1. The molecule has 2 aromatic carbocycles. The Morgan fingerprint density at radius 2 is 1.67 bits per heavy atom. The minimum Gasteiger partial charge on any atom is -0.369 e. The number of nitrogen functional groups attached to an aromatic ring is 1. The molecule has 0 bridgehead atoms. The van der Waals surface area contributed by atoms with Gasteiger partial charge in [-0.25, -0.2) is 9.97 Å². The van der Waals surface area contributed by atoms with Crippen molar-refractivity contribution in [1.29, 1.82) is 0 Å². The molecule has 0 unspecified atom stereocenters. The smallest absolute Gasteiger partial charge is 0.207 e. The second-order valence-electron chi connectivity index (χ2n) is 4.68. The normalized spacial score (nSPS) is 11.0. The number of hydrogen-bond acceptors (Lipinski definition) is 4.